The lowest BCUT2D eigenvalue weighted by Crippen LogP contribution is -2.13. The van der Waals surface area contributed by atoms with Gasteiger partial charge in [-0.25, -0.2) is 0 Å². The molecule has 0 spiro atoms. The summed E-state index contributed by atoms with van der Waals surface area (Å²) >= 11 is 0. The van der Waals surface area contributed by atoms with Gasteiger partial charge in [0.25, 0.3) is 5.91 Å². The molecule has 19 heavy (non-hydrogen) atoms. The molecule has 0 saturated heterocycles. The molecule has 1 aliphatic rings. The third kappa shape index (κ3) is 2.30. The molecule has 3 rings (SSSR count). The van der Waals surface area contributed by atoms with Gasteiger partial charge in [0, 0.05) is 17.6 Å². The first-order valence-corrected chi connectivity index (χ1v) is 5.87. The van der Waals surface area contributed by atoms with Crippen LogP contribution in [0.5, 0.6) is 0 Å². The fourth-order valence-electron chi connectivity index (χ4n) is 2.00. The van der Waals surface area contributed by atoms with Crippen molar-refractivity contribution in [3.63, 3.8) is 0 Å². The van der Waals surface area contributed by atoms with E-state index >= 15 is 0 Å². The minimum absolute atomic E-state index is 0.0248. The highest BCUT2D eigenvalue weighted by Gasteiger charge is 2.18. The SMILES string of the molecule is O=C1Cc2cc(NC(=O)c3ccccn3)ccc2N1. The van der Waals surface area contributed by atoms with Gasteiger partial charge in [-0.2, -0.15) is 0 Å². The van der Waals surface area contributed by atoms with Crippen molar-refractivity contribution in [3.8, 4) is 0 Å². The first-order valence-electron chi connectivity index (χ1n) is 5.87. The number of pyridine rings is 1. The molecule has 0 radical (unpaired) electrons. The molecule has 0 aliphatic carbocycles. The van der Waals surface area contributed by atoms with Crippen molar-refractivity contribution in [1.82, 2.24) is 4.98 Å². The Morgan fingerprint density at radius 1 is 1.26 bits per heavy atom. The predicted octanol–water partition coefficient (Wildman–Crippen LogP) is 1.83. The fraction of sp³-hybridized carbons (Fsp3) is 0.0714. The average Bonchev–Trinajstić information content (AvgIpc) is 2.79. The number of carbonyl (C=O) groups excluding carboxylic acids is 2. The minimum atomic E-state index is -0.266. The molecule has 5 nitrogen and oxygen atoms in total. The molecule has 0 unspecified atom stereocenters. The summed E-state index contributed by atoms with van der Waals surface area (Å²) in [5.41, 5.74) is 2.72. The predicted molar refractivity (Wildman–Crippen MR) is 71.0 cm³/mol. The van der Waals surface area contributed by atoms with Crippen molar-refractivity contribution >= 4 is 23.2 Å². The van der Waals surface area contributed by atoms with Crippen LogP contribution in [0.25, 0.3) is 0 Å². The molecule has 2 amide bonds. The molecule has 2 aromatic rings. The van der Waals surface area contributed by atoms with Gasteiger partial charge in [-0.3, -0.25) is 14.6 Å². The van der Waals surface area contributed by atoms with Gasteiger partial charge in [0.2, 0.25) is 5.91 Å². The topological polar surface area (TPSA) is 71.1 Å². The molecular weight excluding hydrogens is 242 g/mol. The Labute approximate surface area is 109 Å². The van der Waals surface area contributed by atoms with Crippen LogP contribution in [-0.4, -0.2) is 16.8 Å². The summed E-state index contributed by atoms with van der Waals surface area (Å²) in [6.07, 6.45) is 1.92. The maximum Gasteiger partial charge on any atom is 0.274 e. The lowest BCUT2D eigenvalue weighted by atomic mass is 10.1. The Morgan fingerprint density at radius 2 is 2.16 bits per heavy atom. The van der Waals surface area contributed by atoms with Crippen LogP contribution in [0.1, 0.15) is 16.1 Å². The monoisotopic (exact) mass is 253 g/mol. The van der Waals surface area contributed by atoms with Crippen LogP contribution < -0.4 is 10.6 Å². The van der Waals surface area contributed by atoms with Crippen LogP contribution in [0, 0.1) is 0 Å². The number of fused-ring (bicyclic) bond motifs is 1. The van der Waals surface area contributed by atoms with Crippen LogP contribution in [0.4, 0.5) is 11.4 Å². The van der Waals surface area contributed by atoms with Gasteiger partial charge in [-0.1, -0.05) is 6.07 Å². The van der Waals surface area contributed by atoms with Gasteiger partial charge >= 0.3 is 0 Å². The number of carbonyl (C=O) groups is 2. The quantitative estimate of drug-likeness (QED) is 0.857. The molecule has 0 saturated carbocycles. The Morgan fingerprint density at radius 3 is 2.95 bits per heavy atom. The van der Waals surface area contributed by atoms with Crippen LogP contribution in [0.3, 0.4) is 0 Å². The largest absolute Gasteiger partial charge is 0.326 e. The van der Waals surface area contributed by atoms with Gasteiger partial charge in [0.1, 0.15) is 5.69 Å². The molecule has 94 valence electrons. The molecule has 0 fully saturated rings. The van der Waals surface area contributed by atoms with Gasteiger partial charge in [-0.15, -0.1) is 0 Å². The standard InChI is InChI=1S/C14H11N3O2/c18-13-8-9-7-10(4-5-11(9)17-13)16-14(19)12-3-1-2-6-15-12/h1-7H,8H2,(H,16,19)(H,17,18). The van der Waals surface area contributed by atoms with E-state index in [9.17, 15) is 9.59 Å². The minimum Gasteiger partial charge on any atom is -0.326 e. The molecule has 2 heterocycles. The zero-order chi connectivity index (χ0) is 13.2. The number of anilines is 2. The van der Waals surface area contributed by atoms with Crippen LogP contribution in [0.2, 0.25) is 0 Å². The van der Waals surface area contributed by atoms with Gasteiger partial charge in [0.15, 0.2) is 0 Å². The van der Waals surface area contributed by atoms with E-state index in [0.29, 0.717) is 17.8 Å². The number of benzene rings is 1. The number of hydrogen-bond donors (Lipinski definition) is 2. The van der Waals surface area contributed by atoms with E-state index in [4.69, 9.17) is 0 Å². The second-order valence-electron chi connectivity index (χ2n) is 4.27. The Balaban J connectivity index is 1.80. The number of aromatic nitrogens is 1. The molecule has 1 aromatic carbocycles. The summed E-state index contributed by atoms with van der Waals surface area (Å²) < 4.78 is 0. The Bertz CT molecular complexity index is 653. The smallest absolute Gasteiger partial charge is 0.274 e. The highest BCUT2D eigenvalue weighted by molar-refractivity contribution is 6.04. The number of nitrogens with one attached hydrogen (secondary N) is 2. The van der Waals surface area contributed by atoms with Crippen molar-refractivity contribution in [1.29, 1.82) is 0 Å². The summed E-state index contributed by atoms with van der Waals surface area (Å²) in [5.74, 6) is -0.291. The molecule has 5 heteroatoms. The van der Waals surface area contributed by atoms with E-state index in [1.165, 1.54) is 0 Å². The third-order valence-corrected chi connectivity index (χ3v) is 2.89. The second kappa shape index (κ2) is 4.53. The van der Waals surface area contributed by atoms with Gasteiger partial charge in [-0.05, 0) is 35.9 Å². The highest BCUT2D eigenvalue weighted by Crippen LogP contribution is 2.26. The second-order valence-corrected chi connectivity index (χ2v) is 4.27. The summed E-state index contributed by atoms with van der Waals surface area (Å²) in [6.45, 7) is 0. The zero-order valence-electron chi connectivity index (χ0n) is 10.0. The van der Waals surface area contributed by atoms with E-state index in [-0.39, 0.29) is 11.8 Å². The van der Waals surface area contributed by atoms with Crippen molar-refractivity contribution < 1.29 is 9.59 Å². The summed E-state index contributed by atoms with van der Waals surface area (Å²) in [5, 5.41) is 5.51. The Kier molecular flexibility index (Phi) is 2.72. The molecule has 0 bridgehead atoms. The molecule has 1 aliphatic heterocycles. The fourth-order valence-corrected chi connectivity index (χ4v) is 2.00. The summed E-state index contributed by atoms with van der Waals surface area (Å²) in [7, 11) is 0. The number of rotatable bonds is 2. The lowest BCUT2D eigenvalue weighted by molar-refractivity contribution is -0.115. The average molecular weight is 253 g/mol. The highest BCUT2D eigenvalue weighted by atomic mass is 16.2. The normalized spacial score (nSPS) is 12.7. The number of hydrogen-bond acceptors (Lipinski definition) is 3. The number of nitrogens with zero attached hydrogens (tertiary/aromatic N) is 1. The van der Waals surface area contributed by atoms with Crippen molar-refractivity contribution in [3.05, 3.63) is 53.9 Å². The van der Waals surface area contributed by atoms with Crippen LogP contribution >= 0.6 is 0 Å². The van der Waals surface area contributed by atoms with Crippen molar-refractivity contribution in [2.45, 2.75) is 6.42 Å². The van der Waals surface area contributed by atoms with Crippen LogP contribution in [-0.2, 0) is 11.2 Å². The lowest BCUT2D eigenvalue weighted by Gasteiger charge is -2.06. The first kappa shape index (κ1) is 11.4. The maximum absolute atomic E-state index is 11.9. The van der Waals surface area contributed by atoms with Crippen molar-refractivity contribution in [2.75, 3.05) is 10.6 Å². The Hall–Kier alpha value is -2.69. The van der Waals surface area contributed by atoms with E-state index in [0.717, 1.165) is 11.3 Å². The van der Waals surface area contributed by atoms with E-state index < -0.39 is 0 Å². The van der Waals surface area contributed by atoms with E-state index in [1.54, 1.807) is 42.6 Å². The summed E-state index contributed by atoms with van der Waals surface area (Å²) in [4.78, 5) is 27.1. The third-order valence-electron chi connectivity index (χ3n) is 2.89. The number of amides is 2. The molecule has 0 atom stereocenters. The maximum atomic E-state index is 11.9. The zero-order valence-corrected chi connectivity index (χ0v) is 10.0. The van der Waals surface area contributed by atoms with Crippen LogP contribution in [0.15, 0.2) is 42.6 Å². The summed E-state index contributed by atoms with van der Waals surface area (Å²) in [6, 6.07) is 10.5. The van der Waals surface area contributed by atoms with Gasteiger partial charge < -0.3 is 10.6 Å². The van der Waals surface area contributed by atoms with Crippen molar-refractivity contribution in [2.24, 2.45) is 0 Å². The molecule has 1 aromatic heterocycles. The first-order chi connectivity index (χ1) is 9.22. The molecular formula is C14H11N3O2. The molecule has 2 N–H and O–H groups in total. The van der Waals surface area contributed by atoms with E-state index in [2.05, 4.69) is 15.6 Å². The van der Waals surface area contributed by atoms with E-state index in [1.807, 2.05) is 0 Å². The van der Waals surface area contributed by atoms with Gasteiger partial charge in [0.05, 0.1) is 6.42 Å².